The maximum atomic E-state index is 4.34. The Balaban J connectivity index is 1.62. The van der Waals surface area contributed by atoms with Crippen LogP contribution in [0.5, 0.6) is 0 Å². The second kappa shape index (κ2) is 6.55. The third-order valence-corrected chi connectivity index (χ3v) is 4.85. The summed E-state index contributed by atoms with van der Waals surface area (Å²) in [5.74, 6) is 0. The molecule has 20 heavy (non-hydrogen) atoms. The van der Waals surface area contributed by atoms with Gasteiger partial charge in [0.05, 0.1) is 15.7 Å². The molecule has 0 aliphatic carbocycles. The molecular formula is C16H23N3S. The Kier molecular flexibility index (Phi) is 4.53. The van der Waals surface area contributed by atoms with E-state index in [0.29, 0.717) is 6.04 Å². The maximum absolute atomic E-state index is 4.34. The van der Waals surface area contributed by atoms with E-state index >= 15 is 0 Å². The topological polar surface area (TPSA) is 28.2 Å². The lowest BCUT2D eigenvalue weighted by atomic mass is 10.1. The Morgan fingerprint density at radius 2 is 2.30 bits per heavy atom. The van der Waals surface area contributed by atoms with E-state index in [1.807, 2.05) is 5.51 Å². The first kappa shape index (κ1) is 13.8. The first-order valence-corrected chi connectivity index (χ1v) is 8.55. The lowest BCUT2D eigenvalue weighted by Gasteiger charge is -2.20. The van der Waals surface area contributed by atoms with Gasteiger partial charge in [0.15, 0.2) is 0 Å². The predicted octanol–water partition coefficient (Wildman–Crippen LogP) is 3.97. The molecule has 0 spiro atoms. The minimum atomic E-state index is 0.613. The van der Waals surface area contributed by atoms with Crippen molar-refractivity contribution in [1.82, 2.24) is 9.88 Å². The summed E-state index contributed by atoms with van der Waals surface area (Å²) in [6.07, 6.45) is 5.10. The first-order chi connectivity index (χ1) is 9.85. The van der Waals surface area contributed by atoms with Gasteiger partial charge in [0.1, 0.15) is 0 Å². The summed E-state index contributed by atoms with van der Waals surface area (Å²) in [6.45, 7) is 6.01. The monoisotopic (exact) mass is 289 g/mol. The van der Waals surface area contributed by atoms with Gasteiger partial charge in [0.25, 0.3) is 0 Å². The highest BCUT2D eigenvalue weighted by Gasteiger charge is 2.16. The van der Waals surface area contributed by atoms with Crippen LogP contribution in [0.3, 0.4) is 0 Å². The molecule has 1 fully saturated rings. The number of nitrogens with zero attached hydrogens (tertiary/aromatic N) is 2. The third kappa shape index (κ3) is 3.30. The average molecular weight is 289 g/mol. The second-order valence-electron chi connectivity index (χ2n) is 5.65. The Hall–Kier alpha value is -1.13. The van der Waals surface area contributed by atoms with E-state index in [-0.39, 0.29) is 0 Å². The summed E-state index contributed by atoms with van der Waals surface area (Å²) in [4.78, 5) is 6.94. The second-order valence-corrected chi connectivity index (χ2v) is 6.54. The van der Waals surface area contributed by atoms with Crippen molar-refractivity contribution in [2.24, 2.45) is 0 Å². The Labute approximate surface area is 125 Å². The van der Waals surface area contributed by atoms with Gasteiger partial charge >= 0.3 is 0 Å². The van der Waals surface area contributed by atoms with Crippen molar-refractivity contribution in [2.45, 2.75) is 38.6 Å². The van der Waals surface area contributed by atoms with Crippen LogP contribution in [0, 0.1) is 0 Å². The summed E-state index contributed by atoms with van der Waals surface area (Å²) in [5.41, 5.74) is 4.27. The molecule has 1 aromatic carbocycles. The van der Waals surface area contributed by atoms with Crippen molar-refractivity contribution in [1.29, 1.82) is 0 Å². The summed E-state index contributed by atoms with van der Waals surface area (Å²) < 4.78 is 1.27. The van der Waals surface area contributed by atoms with Crippen LogP contribution in [0.1, 0.15) is 32.6 Å². The summed E-state index contributed by atoms with van der Waals surface area (Å²) in [7, 11) is 0. The molecule has 0 bridgehead atoms. The molecule has 1 N–H and O–H groups in total. The molecule has 1 unspecified atom stereocenters. The summed E-state index contributed by atoms with van der Waals surface area (Å²) >= 11 is 1.72. The number of thiazole rings is 1. The van der Waals surface area contributed by atoms with E-state index < -0.39 is 0 Å². The molecule has 1 atom stereocenters. The predicted molar refractivity (Wildman–Crippen MR) is 87.6 cm³/mol. The standard InChI is InChI=1S/C16H23N3S/c1-2-8-19-9-3-4-13(7-10-19)18-14-5-6-15-16(11-14)20-12-17-15/h5-6,11-13,18H,2-4,7-10H2,1H3. The number of aromatic nitrogens is 1. The molecule has 0 saturated carbocycles. The highest BCUT2D eigenvalue weighted by molar-refractivity contribution is 7.16. The molecule has 1 aliphatic rings. The van der Waals surface area contributed by atoms with E-state index in [1.165, 1.54) is 55.7 Å². The molecule has 4 heteroatoms. The molecule has 108 valence electrons. The molecule has 3 rings (SSSR count). The first-order valence-electron chi connectivity index (χ1n) is 7.67. The van der Waals surface area contributed by atoms with Crippen molar-refractivity contribution < 1.29 is 0 Å². The van der Waals surface area contributed by atoms with Crippen molar-refractivity contribution >= 4 is 27.2 Å². The van der Waals surface area contributed by atoms with Crippen molar-refractivity contribution in [3.63, 3.8) is 0 Å². The van der Waals surface area contributed by atoms with Gasteiger partial charge in [-0.05, 0) is 57.0 Å². The molecule has 2 aromatic rings. The third-order valence-electron chi connectivity index (χ3n) is 4.06. The van der Waals surface area contributed by atoms with Gasteiger partial charge in [-0.25, -0.2) is 4.98 Å². The van der Waals surface area contributed by atoms with Crippen LogP contribution in [-0.4, -0.2) is 35.6 Å². The Bertz CT molecular complexity index is 551. The summed E-state index contributed by atoms with van der Waals surface area (Å²) in [6, 6.07) is 7.13. The fraction of sp³-hybridized carbons (Fsp3) is 0.562. The Morgan fingerprint density at radius 3 is 3.20 bits per heavy atom. The van der Waals surface area contributed by atoms with E-state index in [4.69, 9.17) is 0 Å². The molecule has 1 aliphatic heterocycles. The van der Waals surface area contributed by atoms with Crippen LogP contribution in [-0.2, 0) is 0 Å². The summed E-state index contributed by atoms with van der Waals surface area (Å²) in [5, 5.41) is 3.72. The van der Waals surface area contributed by atoms with Gasteiger partial charge < -0.3 is 10.2 Å². The van der Waals surface area contributed by atoms with Gasteiger partial charge in [0.2, 0.25) is 0 Å². The van der Waals surface area contributed by atoms with Crippen LogP contribution < -0.4 is 5.32 Å². The number of hydrogen-bond donors (Lipinski definition) is 1. The molecule has 0 radical (unpaired) electrons. The van der Waals surface area contributed by atoms with E-state index in [1.54, 1.807) is 11.3 Å². The Morgan fingerprint density at radius 1 is 1.35 bits per heavy atom. The number of rotatable bonds is 4. The fourth-order valence-electron chi connectivity index (χ4n) is 3.02. The van der Waals surface area contributed by atoms with Crippen molar-refractivity contribution in [2.75, 3.05) is 25.0 Å². The van der Waals surface area contributed by atoms with Gasteiger partial charge in [-0.2, -0.15) is 0 Å². The quantitative estimate of drug-likeness (QED) is 0.923. The zero-order chi connectivity index (χ0) is 13.8. The number of anilines is 1. The molecule has 0 amide bonds. The number of likely N-dealkylation sites (tertiary alicyclic amines) is 1. The zero-order valence-corrected chi connectivity index (χ0v) is 13.0. The van der Waals surface area contributed by atoms with Gasteiger partial charge in [-0.15, -0.1) is 11.3 Å². The lowest BCUT2D eigenvalue weighted by Crippen LogP contribution is -2.27. The number of nitrogens with one attached hydrogen (secondary N) is 1. The van der Waals surface area contributed by atoms with Gasteiger partial charge in [0, 0.05) is 18.3 Å². The molecule has 2 heterocycles. The van der Waals surface area contributed by atoms with Crippen molar-refractivity contribution in [3.05, 3.63) is 23.7 Å². The molecule has 1 saturated heterocycles. The molecular weight excluding hydrogens is 266 g/mol. The van der Waals surface area contributed by atoms with Crippen LogP contribution in [0.4, 0.5) is 5.69 Å². The number of benzene rings is 1. The molecule has 1 aromatic heterocycles. The SMILES string of the molecule is CCCN1CCCC(Nc2ccc3ncsc3c2)CC1. The lowest BCUT2D eigenvalue weighted by molar-refractivity contribution is 0.285. The molecule has 3 nitrogen and oxygen atoms in total. The van der Waals surface area contributed by atoms with Crippen molar-refractivity contribution in [3.8, 4) is 0 Å². The zero-order valence-electron chi connectivity index (χ0n) is 12.1. The highest BCUT2D eigenvalue weighted by Crippen LogP contribution is 2.24. The van der Waals surface area contributed by atoms with Crippen LogP contribution in [0.15, 0.2) is 23.7 Å². The van der Waals surface area contributed by atoms with Crippen LogP contribution in [0.2, 0.25) is 0 Å². The fourth-order valence-corrected chi connectivity index (χ4v) is 3.74. The average Bonchev–Trinajstić information content (AvgIpc) is 2.81. The van der Waals surface area contributed by atoms with E-state index in [9.17, 15) is 0 Å². The van der Waals surface area contributed by atoms with E-state index in [2.05, 4.69) is 40.3 Å². The van der Waals surface area contributed by atoms with Crippen LogP contribution >= 0.6 is 11.3 Å². The van der Waals surface area contributed by atoms with Crippen LogP contribution in [0.25, 0.3) is 10.2 Å². The minimum absolute atomic E-state index is 0.613. The van der Waals surface area contributed by atoms with E-state index in [0.717, 1.165) is 5.52 Å². The maximum Gasteiger partial charge on any atom is 0.0813 e. The smallest absolute Gasteiger partial charge is 0.0813 e. The number of fused-ring (bicyclic) bond motifs is 1. The van der Waals surface area contributed by atoms with Gasteiger partial charge in [-0.3, -0.25) is 0 Å². The number of hydrogen-bond acceptors (Lipinski definition) is 4. The normalized spacial score (nSPS) is 20.9. The van der Waals surface area contributed by atoms with Gasteiger partial charge in [-0.1, -0.05) is 6.92 Å². The largest absolute Gasteiger partial charge is 0.382 e. The highest BCUT2D eigenvalue weighted by atomic mass is 32.1. The minimum Gasteiger partial charge on any atom is -0.382 e.